The molecule has 1 aromatic carbocycles. The van der Waals surface area contributed by atoms with Crippen LogP contribution in [0.5, 0.6) is 0 Å². The molecule has 2 fully saturated rings. The van der Waals surface area contributed by atoms with E-state index in [4.69, 9.17) is 9.72 Å². The Balaban J connectivity index is 1.44. The predicted octanol–water partition coefficient (Wildman–Crippen LogP) is 2.60. The van der Waals surface area contributed by atoms with Crippen molar-refractivity contribution in [3.63, 3.8) is 0 Å². The summed E-state index contributed by atoms with van der Waals surface area (Å²) in [7, 11) is 2.15. The minimum atomic E-state index is -0.200. The number of aryl methyl sites for hydroxylation is 1. The Kier molecular flexibility index (Phi) is 5.64. The van der Waals surface area contributed by atoms with Gasteiger partial charge in [0.05, 0.1) is 11.6 Å². The molecule has 1 unspecified atom stereocenters. The Morgan fingerprint density at radius 1 is 1.25 bits per heavy atom. The number of nitrogens with one attached hydrogen (secondary N) is 2. The van der Waals surface area contributed by atoms with Crippen LogP contribution in [-0.2, 0) is 4.74 Å². The Morgan fingerprint density at radius 2 is 2.07 bits per heavy atom. The molecule has 0 saturated carbocycles. The van der Waals surface area contributed by atoms with Crippen molar-refractivity contribution >= 4 is 28.4 Å². The van der Waals surface area contributed by atoms with Crippen molar-refractivity contribution in [3.8, 4) is 0 Å². The summed E-state index contributed by atoms with van der Waals surface area (Å²) in [4.78, 5) is 21.7. The van der Waals surface area contributed by atoms with Gasteiger partial charge in [0.2, 0.25) is 0 Å². The summed E-state index contributed by atoms with van der Waals surface area (Å²) in [6, 6.07) is 7.84. The zero-order chi connectivity index (χ0) is 19.5. The van der Waals surface area contributed by atoms with E-state index >= 15 is 0 Å². The second-order valence-electron chi connectivity index (χ2n) is 7.79. The average Bonchev–Trinajstić information content (AvgIpc) is 3.21. The molecule has 2 saturated heterocycles. The molecular weight excluding hydrogens is 354 g/mol. The lowest BCUT2D eigenvalue weighted by atomic mass is 10.1. The number of carbonyl (C=O) groups is 1. The van der Waals surface area contributed by atoms with Gasteiger partial charge in [-0.1, -0.05) is 0 Å². The molecule has 0 bridgehead atoms. The van der Waals surface area contributed by atoms with Gasteiger partial charge in [-0.15, -0.1) is 0 Å². The molecule has 4 rings (SSSR count). The van der Waals surface area contributed by atoms with Gasteiger partial charge >= 0.3 is 6.03 Å². The molecule has 28 heavy (non-hydrogen) atoms. The first-order valence-corrected chi connectivity index (χ1v) is 10.1. The lowest BCUT2D eigenvalue weighted by molar-refractivity contribution is 0.112. The van der Waals surface area contributed by atoms with Gasteiger partial charge in [-0.05, 0) is 56.6 Å². The summed E-state index contributed by atoms with van der Waals surface area (Å²) in [6.45, 7) is 7.56. The fourth-order valence-corrected chi connectivity index (χ4v) is 3.84. The molecule has 2 aliphatic heterocycles. The number of rotatable bonds is 4. The zero-order valence-electron chi connectivity index (χ0n) is 16.7. The van der Waals surface area contributed by atoms with Gasteiger partial charge in [0, 0.05) is 50.4 Å². The van der Waals surface area contributed by atoms with Crippen LogP contribution in [0.1, 0.15) is 18.4 Å². The Hall–Kier alpha value is -2.38. The molecule has 7 nitrogen and oxygen atoms in total. The summed E-state index contributed by atoms with van der Waals surface area (Å²) in [5.74, 6) is 1.04. The van der Waals surface area contributed by atoms with Gasteiger partial charge in [-0.2, -0.15) is 0 Å². The summed E-state index contributed by atoms with van der Waals surface area (Å²) < 4.78 is 5.54. The van der Waals surface area contributed by atoms with Crippen LogP contribution in [-0.4, -0.2) is 68.4 Å². The van der Waals surface area contributed by atoms with Crippen LogP contribution in [0.4, 0.5) is 16.3 Å². The van der Waals surface area contributed by atoms with Crippen LogP contribution < -0.4 is 15.5 Å². The van der Waals surface area contributed by atoms with Crippen LogP contribution in [0.25, 0.3) is 10.9 Å². The van der Waals surface area contributed by atoms with Crippen molar-refractivity contribution in [3.05, 3.63) is 29.8 Å². The molecule has 3 heterocycles. The van der Waals surface area contributed by atoms with Crippen LogP contribution in [0, 0.1) is 6.92 Å². The van der Waals surface area contributed by atoms with Gasteiger partial charge in [0.15, 0.2) is 0 Å². The smallest absolute Gasteiger partial charge is 0.319 e. The second-order valence-corrected chi connectivity index (χ2v) is 7.79. The van der Waals surface area contributed by atoms with E-state index in [-0.39, 0.29) is 12.1 Å². The number of anilines is 2. The van der Waals surface area contributed by atoms with Crippen molar-refractivity contribution in [2.75, 3.05) is 56.6 Å². The SMILES string of the molecule is Cc1cc(N2CCN(C)CC2)nc2ccc(NC(=O)NCC3CCCO3)cc12. The number of carbonyl (C=O) groups excluding carboxylic acids is 1. The molecule has 2 aliphatic rings. The second kappa shape index (κ2) is 8.32. The fraction of sp³-hybridized carbons (Fsp3) is 0.524. The highest BCUT2D eigenvalue weighted by Crippen LogP contribution is 2.26. The number of hydrogen-bond donors (Lipinski definition) is 2. The Labute approximate surface area is 166 Å². The average molecular weight is 383 g/mol. The van der Waals surface area contributed by atoms with E-state index in [9.17, 15) is 4.79 Å². The highest BCUT2D eigenvalue weighted by Gasteiger charge is 2.18. The molecule has 7 heteroatoms. The van der Waals surface area contributed by atoms with Crippen molar-refractivity contribution in [1.82, 2.24) is 15.2 Å². The first-order chi connectivity index (χ1) is 13.6. The third kappa shape index (κ3) is 4.36. The van der Waals surface area contributed by atoms with Gasteiger partial charge < -0.3 is 25.2 Å². The van der Waals surface area contributed by atoms with Gasteiger partial charge in [-0.3, -0.25) is 0 Å². The van der Waals surface area contributed by atoms with E-state index in [2.05, 4.69) is 40.5 Å². The molecule has 2 amide bonds. The van der Waals surface area contributed by atoms with E-state index in [1.165, 1.54) is 5.56 Å². The largest absolute Gasteiger partial charge is 0.376 e. The quantitative estimate of drug-likeness (QED) is 0.849. The van der Waals surface area contributed by atoms with Crippen LogP contribution in [0.2, 0.25) is 0 Å². The molecule has 0 radical (unpaired) electrons. The Bertz CT molecular complexity index is 842. The van der Waals surface area contributed by atoms with Gasteiger partial charge in [0.1, 0.15) is 5.82 Å². The summed E-state index contributed by atoms with van der Waals surface area (Å²) in [5, 5.41) is 6.87. The standard InChI is InChI=1S/C21H29N5O2/c1-15-12-20(26-9-7-25(2)8-10-26)24-19-6-5-16(13-18(15)19)23-21(27)22-14-17-4-3-11-28-17/h5-6,12-13,17H,3-4,7-11,14H2,1-2H3,(H2,22,23,27). The fourth-order valence-electron chi connectivity index (χ4n) is 3.84. The van der Waals surface area contributed by atoms with Crippen molar-refractivity contribution in [1.29, 1.82) is 0 Å². The van der Waals surface area contributed by atoms with E-state index in [0.717, 1.165) is 68.0 Å². The van der Waals surface area contributed by atoms with E-state index in [1.54, 1.807) is 0 Å². The number of amides is 2. The number of urea groups is 1. The summed E-state index contributed by atoms with van der Waals surface area (Å²) >= 11 is 0. The van der Waals surface area contributed by atoms with E-state index in [1.807, 2.05) is 18.2 Å². The van der Waals surface area contributed by atoms with E-state index in [0.29, 0.717) is 6.54 Å². The molecule has 1 atom stereocenters. The molecule has 1 aromatic heterocycles. The number of likely N-dealkylation sites (N-methyl/N-ethyl adjacent to an activating group) is 1. The first kappa shape index (κ1) is 19.0. The molecule has 0 aliphatic carbocycles. The summed E-state index contributed by atoms with van der Waals surface area (Å²) in [5.41, 5.74) is 2.90. The van der Waals surface area contributed by atoms with E-state index < -0.39 is 0 Å². The number of aromatic nitrogens is 1. The summed E-state index contributed by atoms with van der Waals surface area (Å²) in [6.07, 6.45) is 2.22. The van der Waals surface area contributed by atoms with Crippen molar-refractivity contribution in [2.24, 2.45) is 0 Å². The lowest BCUT2D eigenvalue weighted by Gasteiger charge is -2.33. The maximum atomic E-state index is 12.2. The number of ether oxygens (including phenoxy) is 1. The maximum Gasteiger partial charge on any atom is 0.319 e. The number of benzene rings is 1. The molecule has 2 aromatic rings. The Morgan fingerprint density at radius 3 is 2.82 bits per heavy atom. The number of piperazine rings is 1. The molecule has 150 valence electrons. The molecule has 2 N–H and O–H groups in total. The van der Waals surface area contributed by atoms with Gasteiger partial charge in [-0.25, -0.2) is 9.78 Å². The number of pyridine rings is 1. The lowest BCUT2D eigenvalue weighted by Crippen LogP contribution is -2.44. The zero-order valence-corrected chi connectivity index (χ0v) is 16.7. The number of hydrogen-bond acceptors (Lipinski definition) is 5. The van der Waals surface area contributed by atoms with Crippen LogP contribution in [0.15, 0.2) is 24.3 Å². The minimum Gasteiger partial charge on any atom is -0.376 e. The molecule has 0 spiro atoms. The highest BCUT2D eigenvalue weighted by molar-refractivity contribution is 5.94. The third-order valence-electron chi connectivity index (χ3n) is 5.60. The number of nitrogens with zero attached hydrogens (tertiary/aromatic N) is 3. The highest BCUT2D eigenvalue weighted by atomic mass is 16.5. The third-order valence-corrected chi connectivity index (χ3v) is 5.60. The monoisotopic (exact) mass is 383 g/mol. The van der Waals surface area contributed by atoms with Crippen molar-refractivity contribution < 1.29 is 9.53 Å². The minimum absolute atomic E-state index is 0.141. The van der Waals surface area contributed by atoms with Crippen LogP contribution >= 0.6 is 0 Å². The van der Waals surface area contributed by atoms with Crippen LogP contribution in [0.3, 0.4) is 0 Å². The predicted molar refractivity (Wildman–Crippen MR) is 112 cm³/mol. The first-order valence-electron chi connectivity index (χ1n) is 10.1. The topological polar surface area (TPSA) is 69.7 Å². The maximum absolute atomic E-state index is 12.2. The van der Waals surface area contributed by atoms with Gasteiger partial charge in [0.25, 0.3) is 0 Å². The van der Waals surface area contributed by atoms with Crippen molar-refractivity contribution in [2.45, 2.75) is 25.9 Å². The molecular formula is C21H29N5O2. The normalized spacial score (nSPS) is 20.5. The number of fused-ring (bicyclic) bond motifs is 1.